The molecule has 0 spiro atoms. The lowest BCUT2D eigenvalue weighted by molar-refractivity contribution is 0.756. The van der Waals surface area contributed by atoms with Crippen molar-refractivity contribution in [2.24, 2.45) is 0 Å². The number of nitrogens with zero attached hydrogens (tertiary/aromatic N) is 4. The summed E-state index contributed by atoms with van der Waals surface area (Å²) in [6, 6.07) is 8.44. The molecule has 4 rings (SSSR count). The van der Waals surface area contributed by atoms with Crippen LogP contribution in [0.4, 0.5) is 0 Å². The second kappa shape index (κ2) is 4.71. The molecule has 1 aliphatic rings. The van der Waals surface area contributed by atoms with Crippen LogP contribution < -0.4 is 0 Å². The third-order valence-corrected chi connectivity index (χ3v) is 5.61. The van der Waals surface area contributed by atoms with Gasteiger partial charge < -0.3 is 0 Å². The lowest BCUT2D eigenvalue weighted by Gasteiger charge is -2.09. The monoisotopic (exact) mass is 316 g/mol. The smallest absolute Gasteiger partial charge is 0.181 e. The Balaban J connectivity index is 1.93. The molecule has 3 aromatic rings. The van der Waals surface area contributed by atoms with Crippen LogP contribution in [-0.4, -0.2) is 25.6 Å². The average Bonchev–Trinajstić information content (AvgIpc) is 3.08. The molecule has 1 aliphatic heterocycles. The fraction of sp³-hybridized carbons (Fsp3) is 0.267. The molecule has 4 nitrogen and oxygen atoms in total. The van der Waals surface area contributed by atoms with E-state index in [2.05, 4.69) is 39.6 Å². The van der Waals surface area contributed by atoms with Crippen LogP contribution in [0, 0.1) is 13.8 Å². The number of aromatic nitrogens is 4. The van der Waals surface area contributed by atoms with Crippen LogP contribution in [0.5, 0.6) is 0 Å². The van der Waals surface area contributed by atoms with E-state index in [1.54, 1.807) is 4.52 Å². The largest absolute Gasteiger partial charge is 0.195 e. The lowest BCUT2D eigenvalue weighted by Crippen LogP contribution is -2.08. The number of hydrogen-bond donors (Lipinski definition) is 0. The zero-order valence-corrected chi connectivity index (χ0v) is 13.2. The van der Waals surface area contributed by atoms with Crippen LogP contribution in [0.1, 0.15) is 28.4 Å². The summed E-state index contributed by atoms with van der Waals surface area (Å²) in [5.41, 5.74) is 4.09. The van der Waals surface area contributed by atoms with Gasteiger partial charge in [-0.05, 0) is 31.0 Å². The second-order valence-corrected chi connectivity index (χ2v) is 6.66. The van der Waals surface area contributed by atoms with Gasteiger partial charge in [-0.25, -0.2) is 0 Å². The van der Waals surface area contributed by atoms with E-state index >= 15 is 0 Å². The SMILES string of the molecule is Cc1c(Cl)nn2c(C3CSc4ccccc43)nnc2c1C. The van der Waals surface area contributed by atoms with E-state index in [9.17, 15) is 0 Å². The maximum Gasteiger partial charge on any atom is 0.181 e. The van der Waals surface area contributed by atoms with Gasteiger partial charge in [0.1, 0.15) is 0 Å². The highest BCUT2D eigenvalue weighted by Gasteiger charge is 2.29. The predicted molar refractivity (Wildman–Crippen MR) is 84.3 cm³/mol. The van der Waals surface area contributed by atoms with Gasteiger partial charge in [0, 0.05) is 16.2 Å². The first-order chi connectivity index (χ1) is 10.2. The standard InChI is InChI=1S/C15H13ClN4S/c1-8-9(2)14-17-18-15(20(14)19-13(8)16)11-7-21-12-6-4-3-5-10(11)12/h3-6,11H,7H2,1-2H3. The normalized spacial score (nSPS) is 17.4. The molecule has 0 saturated carbocycles. The van der Waals surface area contributed by atoms with Gasteiger partial charge in [-0.3, -0.25) is 0 Å². The fourth-order valence-corrected chi connectivity index (χ4v) is 4.15. The summed E-state index contributed by atoms with van der Waals surface area (Å²) in [6.45, 7) is 3.97. The van der Waals surface area contributed by atoms with Crippen molar-refractivity contribution >= 4 is 29.0 Å². The highest BCUT2D eigenvalue weighted by atomic mass is 35.5. The first kappa shape index (κ1) is 13.1. The van der Waals surface area contributed by atoms with Gasteiger partial charge >= 0.3 is 0 Å². The van der Waals surface area contributed by atoms with E-state index in [0.717, 1.165) is 28.4 Å². The van der Waals surface area contributed by atoms with Gasteiger partial charge in [0.2, 0.25) is 0 Å². The summed E-state index contributed by atoms with van der Waals surface area (Å²) in [6.07, 6.45) is 0. The molecular weight excluding hydrogens is 304 g/mol. The van der Waals surface area contributed by atoms with Crippen molar-refractivity contribution in [1.82, 2.24) is 19.8 Å². The quantitative estimate of drug-likeness (QED) is 0.687. The maximum absolute atomic E-state index is 6.24. The topological polar surface area (TPSA) is 43.1 Å². The fourth-order valence-electron chi connectivity index (χ4n) is 2.70. The Kier molecular flexibility index (Phi) is 2.94. The van der Waals surface area contributed by atoms with E-state index in [-0.39, 0.29) is 5.92 Å². The van der Waals surface area contributed by atoms with Gasteiger partial charge in [0.15, 0.2) is 16.6 Å². The molecule has 1 atom stereocenters. The van der Waals surface area contributed by atoms with Crippen molar-refractivity contribution < 1.29 is 0 Å². The molecule has 0 radical (unpaired) electrons. The van der Waals surface area contributed by atoms with E-state index in [1.165, 1.54) is 10.5 Å². The van der Waals surface area contributed by atoms with Crippen molar-refractivity contribution in [1.29, 1.82) is 0 Å². The van der Waals surface area contributed by atoms with Gasteiger partial charge in [-0.2, -0.15) is 9.61 Å². The molecule has 0 bridgehead atoms. The maximum atomic E-state index is 6.24. The van der Waals surface area contributed by atoms with Crippen LogP contribution in [0.15, 0.2) is 29.2 Å². The van der Waals surface area contributed by atoms with E-state index < -0.39 is 0 Å². The Morgan fingerprint density at radius 1 is 1.19 bits per heavy atom. The molecule has 106 valence electrons. The van der Waals surface area contributed by atoms with Crippen molar-refractivity contribution in [3.8, 4) is 0 Å². The number of halogens is 1. The molecule has 21 heavy (non-hydrogen) atoms. The minimum Gasteiger partial charge on any atom is -0.195 e. The van der Waals surface area contributed by atoms with Crippen LogP contribution in [0.3, 0.4) is 0 Å². The van der Waals surface area contributed by atoms with E-state index in [1.807, 2.05) is 25.6 Å². The molecule has 0 amide bonds. The molecule has 0 fully saturated rings. The van der Waals surface area contributed by atoms with Gasteiger partial charge in [-0.1, -0.05) is 29.8 Å². The first-order valence-corrected chi connectivity index (χ1v) is 8.13. The van der Waals surface area contributed by atoms with Crippen molar-refractivity contribution in [2.45, 2.75) is 24.7 Å². The number of rotatable bonds is 1. The molecule has 6 heteroatoms. The van der Waals surface area contributed by atoms with Gasteiger partial charge in [0.25, 0.3) is 0 Å². The first-order valence-electron chi connectivity index (χ1n) is 6.76. The summed E-state index contributed by atoms with van der Waals surface area (Å²) in [4.78, 5) is 1.31. The van der Waals surface area contributed by atoms with Crippen molar-refractivity contribution in [3.63, 3.8) is 0 Å². The summed E-state index contributed by atoms with van der Waals surface area (Å²) >= 11 is 8.09. The second-order valence-electron chi connectivity index (χ2n) is 5.24. The highest BCUT2D eigenvalue weighted by Crippen LogP contribution is 2.42. The Morgan fingerprint density at radius 2 is 2.00 bits per heavy atom. The van der Waals surface area contributed by atoms with Gasteiger partial charge in [-0.15, -0.1) is 22.0 Å². The summed E-state index contributed by atoms with van der Waals surface area (Å²) in [5, 5.41) is 13.7. The summed E-state index contributed by atoms with van der Waals surface area (Å²) < 4.78 is 1.80. The molecule has 3 heterocycles. The Morgan fingerprint density at radius 3 is 2.86 bits per heavy atom. The minimum atomic E-state index is 0.215. The number of hydrogen-bond acceptors (Lipinski definition) is 4. The van der Waals surface area contributed by atoms with Crippen LogP contribution in [-0.2, 0) is 0 Å². The summed E-state index contributed by atoms with van der Waals surface area (Å²) in [5.74, 6) is 2.05. The van der Waals surface area contributed by atoms with E-state index in [0.29, 0.717) is 5.15 Å². The van der Waals surface area contributed by atoms with Crippen molar-refractivity contribution in [3.05, 3.63) is 51.9 Å². The molecule has 0 saturated heterocycles. The Hall–Kier alpha value is -1.59. The molecule has 1 unspecified atom stereocenters. The average molecular weight is 317 g/mol. The Bertz CT molecular complexity index is 858. The number of aryl methyl sites for hydroxylation is 1. The number of thioether (sulfide) groups is 1. The Labute approximate surface area is 131 Å². The third-order valence-electron chi connectivity index (χ3n) is 4.07. The number of fused-ring (bicyclic) bond motifs is 2. The lowest BCUT2D eigenvalue weighted by atomic mass is 10.0. The molecule has 1 aromatic carbocycles. The molecule has 2 aromatic heterocycles. The van der Waals surface area contributed by atoms with Crippen molar-refractivity contribution in [2.75, 3.05) is 5.75 Å². The van der Waals surface area contributed by atoms with Crippen LogP contribution in [0.2, 0.25) is 5.15 Å². The number of benzene rings is 1. The van der Waals surface area contributed by atoms with Crippen LogP contribution >= 0.6 is 23.4 Å². The van der Waals surface area contributed by atoms with Crippen LogP contribution in [0.25, 0.3) is 5.65 Å². The third kappa shape index (κ3) is 1.88. The predicted octanol–water partition coefficient (Wildman–Crippen LogP) is 3.63. The minimum absolute atomic E-state index is 0.215. The zero-order chi connectivity index (χ0) is 14.6. The molecule has 0 N–H and O–H groups in total. The van der Waals surface area contributed by atoms with E-state index in [4.69, 9.17) is 11.6 Å². The molecule has 0 aliphatic carbocycles. The van der Waals surface area contributed by atoms with Gasteiger partial charge in [0.05, 0.1) is 5.92 Å². The zero-order valence-electron chi connectivity index (χ0n) is 11.7. The molecular formula is C15H13ClN4S. The summed E-state index contributed by atoms with van der Waals surface area (Å²) in [7, 11) is 0. The highest BCUT2D eigenvalue weighted by molar-refractivity contribution is 7.99.